The third kappa shape index (κ3) is 4.71. The van der Waals surface area contributed by atoms with Gasteiger partial charge in [0.15, 0.2) is 0 Å². The van der Waals surface area contributed by atoms with Crippen LogP contribution in [0.2, 0.25) is 0 Å². The zero-order valence-corrected chi connectivity index (χ0v) is 14.8. The van der Waals surface area contributed by atoms with Gasteiger partial charge >= 0.3 is 0 Å². The molecule has 0 N–H and O–H groups in total. The standard InChI is InChI=1S/C19H23ClN2.ClH/c20-11-12-21-13-15-22(16-14-21)19(17-7-3-1-4-8-17)18-9-5-2-6-10-18;/h1-10,19H,11-16H2;1H. The molecule has 4 heteroatoms. The van der Waals surface area contributed by atoms with Crippen molar-refractivity contribution in [1.29, 1.82) is 0 Å². The Morgan fingerprint density at radius 1 is 0.783 bits per heavy atom. The Labute approximate surface area is 150 Å². The Morgan fingerprint density at radius 3 is 1.70 bits per heavy atom. The number of hydrogen-bond donors (Lipinski definition) is 0. The number of piperazine rings is 1. The molecule has 0 aromatic heterocycles. The first-order chi connectivity index (χ1) is 10.9. The molecule has 124 valence electrons. The maximum atomic E-state index is 5.87. The molecule has 2 aromatic carbocycles. The number of nitrogens with zero attached hydrogens (tertiary/aromatic N) is 2. The molecule has 0 bridgehead atoms. The van der Waals surface area contributed by atoms with Crippen LogP contribution in [-0.4, -0.2) is 48.4 Å². The summed E-state index contributed by atoms with van der Waals surface area (Å²) in [7, 11) is 0. The summed E-state index contributed by atoms with van der Waals surface area (Å²) < 4.78 is 0. The van der Waals surface area contributed by atoms with Crippen molar-refractivity contribution in [2.45, 2.75) is 6.04 Å². The summed E-state index contributed by atoms with van der Waals surface area (Å²) in [5.74, 6) is 0.723. The fraction of sp³-hybridized carbons (Fsp3) is 0.368. The molecule has 0 amide bonds. The average molecular weight is 351 g/mol. The van der Waals surface area contributed by atoms with Crippen LogP contribution in [0.3, 0.4) is 0 Å². The highest BCUT2D eigenvalue weighted by Crippen LogP contribution is 2.29. The molecule has 0 aliphatic carbocycles. The molecule has 1 aliphatic rings. The first kappa shape index (κ1) is 18.3. The van der Waals surface area contributed by atoms with E-state index in [-0.39, 0.29) is 12.4 Å². The van der Waals surface area contributed by atoms with Crippen molar-refractivity contribution in [3.05, 3.63) is 71.8 Å². The zero-order chi connectivity index (χ0) is 15.2. The van der Waals surface area contributed by atoms with Crippen LogP contribution in [0.5, 0.6) is 0 Å². The van der Waals surface area contributed by atoms with Gasteiger partial charge < -0.3 is 0 Å². The second-order valence-electron chi connectivity index (χ2n) is 5.79. The Kier molecular flexibility index (Phi) is 7.38. The van der Waals surface area contributed by atoms with Crippen LogP contribution >= 0.6 is 24.0 Å². The van der Waals surface area contributed by atoms with Crippen LogP contribution in [-0.2, 0) is 0 Å². The van der Waals surface area contributed by atoms with Crippen molar-refractivity contribution < 1.29 is 0 Å². The number of alkyl halides is 1. The highest BCUT2D eigenvalue weighted by Gasteiger charge is 2.25. The summed E-state index contributed by atoms with van der Waals surface area (Å²) in [4.78, 5) is 5.05. The Bertz CT molecular complexity index is 515. The lowest BCUT2D eigenvalue weighted by molar-refractivity contribution is 0.114. The summed E-state index contributed by atoms with van der Waals surface area (Å²) in [6.45, 7) is 5.37. The summed E-state index contributed by atoms with van der Waals surface area (Å²) >= 11 is 5.87. The van der Waals surface area contributed by atoms with Crippen LogP contribution in [0.1, 0.15) is 17.2 Å². The summed E-state index contributed by atoms with van der Waals surface area (Å²) in [5, 5.41) is 0. The van der Waals surface area contributed by atoms with Crippen molar-refractivity contribution in [1.82, 2.24) is 9.80 Å². The molecule has 2 nitrogen and oxygen atoms in total. The molecule has 2 aromatic rings. The Morgan fingerprint density at radius 2 is 1.26 bits per heavy atom. The first-order valence-corrected chi connectivity index (χ1v) is 8.54. The van der Waals surface area contributed by atoms with Gasteiger partial charge in [-0.1, -0.05) is 60.7 Å². The lowest BCUT2D eigenvalue weighted by atomic mass is 9.96. The minimum Gasteiger partial charge on any atom is -0.300 e. The van der Waals surface area contributed by atoms with Gasteiger partial charge in [0, 0.05) is 38.6 Å². The average Bonchev–Trinajstić information content (AvgIpc) is 2.59. The molecule has 0 spiro atoms. The van der Waals surface area contributed by atoms with Crippen molar-refractivity contribution >= 4 is 24.0 Å². The van der Waals surface area contributed by atoms with Gasteiger partial charge in [-0.25, -0.2) is 0 Å². The van der Waals surface area contributed by atoms with E-state index in [9.17, 15) is 0 Å². The lowest BCUT2D eigenvalue weighted by Crippen LogP contribution is -2.48. The molecule has 0 saturated carbocycles. The van der Waals surface area contributed by atoms with Crippen LogP contribution in [0.25, 0.3) is 0 Å². The van der Waals surface area contributed by atoms with Crippen molar-refractivity contribution in [2.75, 3.05) is 38.6 Å². The van der Waals surface area contributed by atoms with Gasteiger partial charge in [0.05, 0.1) is 6.04 Å². The van der Waals surface area contributed by atoms with Gasteiger partial charge in [0.25, 0.3) is 0 Å². The second-order valence-corrected chi connectivity index (χ2v) is 6.17. The van der Waals surface area contributed by atoms with Crippen LogP contribution in [0, 0.1) is 0 Å². The second kappa shape index (κ2) is 9.29. The lowest BCUT2D eigenvalue weighted by Gasteiger charge is -2.39. The fourth-order valence-electron chi connectivity index (χ4n) is 3.25. The molecule has 3 rings (SSSR count). The van der Waals surface area contributed by atoms with Crippen LogP contribution < -0.4 is 0 Å². The molecule has 0 atom stereocenters. The van der Waals surface area contributed by atoms with E-state index >= 15 is 0 Å². The molecule has 1 aliphatic heterocycles. The third-order valence-electron chi connectivity index (χ3n) is 4.40. The van der Waals surface area contributed by atoms with E-state index in [0.717, 1.165) is 38.6 Å². The van der Waals surface area contributed by atoms with Gasteiger partial charge in [-0.15, -0.1) is 24.0 Å². The number of halogens is 2. The Hall–Kier alpha value is -1.06. The summed E-state index contributed by atoms with van der Waals surface area (Å²) in [6.07, 6.45) is 0. The molecule has 23 heavy (non-hydrogen) atoms. The topological polar surface area (TPSA) is 6.48 Å². The van der Waals surface area contributed by atoms with Crippen molar-refractivity contribution in [3.8, 4) is 0 Å². The first-order valence-electron chi connectivity index (χ1n) is 8.01. The van der Waals surface area contributed by atoms with Crippen molar-refractivity contribution in [3.63, 3.8) is 0 Å². The van der Waals surface area contributed by atoms with Gasteiger partial charge in [0.2, 0.25) is 0 Å². The fourth-order valence-corrected chi connectivity index (χ4v) is 3.49. The maximum absolute atomic E-state index is 5.87. The minimum absolute atomic E-state index is 0. The van der Waals surface area contributed by atoms with Crippen LogP contribution in [0.4, 0.5) is 0 Å². The quantitative estimate of drug-likeness (QED) is 0.750. The molecular weight excluding hydrogens is 327 g/mol. The number of hydrogen-bond acceptors (Lipinski definition) is 2. The summed E-state index contributed by atoms with van der Waals surface area (Å²) in [6, 6.07) is 22.0. The number of benzene rings is 2. The number of rotatable bonds is 5. The molecule has 1 saturated heterocycles. The maximum Gasteiger partial charge on any atom is 0.0602 e. The predicted octanol–water partition coefficient (Wildman–Crippen LogP) is 4.05. The molecule has 0 radical (unpaired) electrons. The predicted molar refractivity (Wildman–Crippen MR) is 101 cm³/mol. The van der Waals surface area contributed by atoms with E-state index in [4.69, 9.17) is 11.6 Å². The largest absolute Gasteiger partial charge is 0.300 e. The molecule has 0 unspecified atom stereocenters. The van der Waals surface area contributed by atoms with E-state index in [1.54, 1.807) is 0 Å². The smallest absolute Gasteiger partial charge is 0.0602 e. The monoisotopic (exact) mass is 350 g/mol. The highest BCUT2D eigenvalue weighted by atomic mass is 35.5. The Balaban J connectivity index is 0.00000192. The molecule has 1 fully saturated rings. The van der Waals surface area contributed by atoms with Crippen molar-refractivity contribution in [2.24, 2.45) is 0 Å². The van der Waals surface area contributed by atoms with Gasteiger partial charge in [-0.05, 0) is 11.1 Å². The van der Waals surface area contributed by atoms with E-state index in [0.29, 0.717) is 6.04 Å². The normalized spacial score (nSPS) is 16.3. The van der Waals surface area contributed by atoms with Crippen LogP contribution in [0.15, 0.2) is 60.7 Å². The van der Waals surface area contributed by atoms with Gasteiger partial charge in [-0.2, -0.15) is 0 Å². The van der Waals surface area contributed by atoms with Gasteiger partial charge in [-0.3, -0.25) is 9.80 Å². The van der Waals surface area contributed by atoms with E-state index < -0.39 is 0 Å². The zero-order valence-electron chi connectivity index (χ0n) is 13.3. The summed E-state index contributed by atoms with van der Waals surface area (Å²) in [5.41, 5.74) is 2.75. The highest BCUT2D eigenvalue weighted by molar-refractivity contribution is 6.18. The third-order valence-corrected chi connectivity index (χ3v) is 4.57. The molecule has 1 heterocycles. The van der Waals surface area contributed by atoms with Gasteiger partial charge in [0.1, 0.15) is 0 Å². The van der Waals surface area contributed by atoms with E-state index in [2.05, 4.69) is 70.5 Å². The minimum atomic E-state index is 0. The van der Waals surface area contributed by atoms with E-state index in [1.165, 1.54) is 11.1 Å². The molecular formula is C19H24Cl2N2. The SMILES string of the molecule is Cl.ClCCN1CCN(C(c2ccccc2)c2ccccc2)CC1. The van der Waals surface area contributed by atoms with E-state index in [1.807, 2.05) is 0 Å².